The molecular weight excluding hydrogens is 362 g/mol. The van der Waals surface area contributed by atoms with Crippen molar-refractivity contribution < 1.29 is 13.2 Å². The van der Waals surface area contributed by atoms with E-state index in [1.807, 2.05) is 23.1 Å². The topological polar surface area (TPSA) is 60.9 Å². The number of piperidine rings is 1. The molecule has 0 spiro atoms. The van der Waals surface area contributed by atoms with Crippen LogP contribution in [-0.4, -0.2) is 61.6 Å². The Morgan fingerprint density at radius 2 is 1.67 bits per heavy atom. The quantitative estimate of drug-likeness (QED) is 0.771. The fourth-order valence-corrected chi connectivity index (χ4v) is 5.41. The number of benzene rings is 1. The summed E-state index contributed by atoms with van der Waals surface area (Å²) < 4.78 is 27.5. The summed E-state index contributed by atoms with van der Waals surface area (Å²) in [6.07, 6.45) is 4.57. The van der Waals surface area contributed by atoms with Crippen molar-refractivity contribution in [1.82, 2.24) is 13.5 Å². The van der Waals surface area contributed by atoms with Gasteiger partial charge in [0.1, 0.15) is 0 Å². The van der Waals surface area contributed by atoms with Gasteiger partial charge in [0.05, 0.1) is 0 Å². The first-order valence-corrected chi connectivity index (χ1v) is 11.3. The van der Waals surface area contributed by atoms with Gasteiger partial charge in [0, 0.05) is 46.2 Å². The normalized spacial score (nSPS) is 23.6. The lowest BCUT2D eigenvalue weighted by Gasteiger charge is -2.36. The monoisotopic (exact) mass is 393 g/mol. The molecule has 1 amide bonds. The van der Waals surface area contributed by atoms with Crippen LogP contribution >= 0.6 is 0 Å². The molecule has 0 aromatic heterocycles. The van der Waals surface area contributed by atoms with Crippen LogP contribution in [0.5, 0.6) is 0 Å². The average Bonchev–Trinajstić information content (AvgIpc) is 2.84. The van der Waals surface area contributed by atoms with Gasteiger partial charge in [0.15, 0.2) is 0 Å². The SMILES string of the molecule is CN(C)S(=O)(=O)N1CCC([C@@H]2CCCCN(Cc3ccccc3)C2=O)CC1. The molecule has 2 aliphatic heterocycles. The summed E-state index contributed by atoms with van der Waals surface area (Å²) in [4.78, 5) is 15.2. The van der Waals surface area contributed by atoms with Crippen molar-refractivity contribution in [3.8, 4) is 0 Å². The zero-order chi connectivity index (χ0) is 19.4. The van der Waals surface area contributed by atoms with Gasteiger partial charge in [-0.25, -0.2) is 0 Å². The Morgan fingerprint density at radius 1 is 1.00 bits per heavy atom. The summed E-state index contributed by atoms with van der Waals surface area (Å²) >= 11 is 0. The molecule has 1 aromatic rings. The van der Waals surface area contributed by atoms with Crippen molar-refractivity contribution in [2.75, 3.05) is 33.7 Å². The Hall–Kier alpha value is -1.44. The second-order valence-corrected chi connectivity index (χ2v) is 10.0. The Balaban J connectivity index is 1.65. The lowest BCUT2D eigenvalue weighted by molar-refractivity contribution is -0.137. The maximum Gasteiger partial charge on any atom is 0.281 e. The van der Waals surface area contributed by atoms with E-state index >= 15 is 0 Å². The molecule has 2 heterocycles. The smallest absolute Gasteiger partial charge is 0.281 e. The molecule has 2 aliphatic rings. The average molecular weight is 394 g/mol. The minimum Gasteiger partial charge on any atom is -0.338 e. The molecule has 3 rings (SSSR count). The molecule has 6 nitrogen and oxygen atoms in total. The third-order valence-corrected chi connectivity index (χ3v) is 7.83. The molecule has 150 valence electrons. The van der Waals surface area contributed by atoms with Crippen molar-refractivity contribution in [3.63, 3.8) is 0 Å². The van der Waals surface area contributed by atoms with Crippen molar-refractivity contribution in [2.24, 2.45) is 11.8 Å². The summed E-state index contributed by atoms with van der Waals surface area (Å²) in [6, 6.07) is 10.1. The van der Waals surface area contributed by atoms with Gasteiger partial charge in [0.25, 0.3) is 10.2 Å². The molecule has 0 unspecified atom stereocenters. The molecule has 7 heteroatoms. The first-order valence-electron chi connectivity index (χ1n) is 9.90. The second-order valence-electron chi connectivity index (χ2n) is 7.87. The maximum absolute atomic E-state index is 13.2. The predicted octanol–water partition coefficient (Wildman–Crippen LogP) is 2.33. The summed E-state index contributed by atoms with van der Waals surface area (Å²) in [5.41, 5.74) is 1.17. The Labute approximate surface area is 163 Å². The van der Waals surface area contributed by atoms with E-state index in [0.717, 1.165) is 38.6 Å². The minimum atomic E-state index is -3.35. The number of hydrogen-bond acceptors (Lipinski definition) is 3. The predicted molar refractivity (Wildman–Crippen MR) is 106 cm³/mol. The van der Waals surface area contributed by atoms with Gasteiger partial charge in [-0.3, -0.25) is 4.79 Å². The van der Waals surface area contributed by atoms with Gasteiger partial charge in [-0.05, 0) is 37.2 Å². The first-order chi connectivity index (χ1) is 12.9. The van der Waals surface area contributed by atoms with Gasteiger partial charge in [0.2, 0.25) is 5.91 Å². The second kappa shape index (κ2) is 8.71. The van der Waals surface area contributed by atoms with Crippen LogP contribution in [0.3, 0.4) is 0 Å². The van der Waals surface area contributed by atoms with E-state index in [9.17, 15) is 13.2 Å². The van der Waals surface area contributed by atoms with Crippen molar-refractivity contribution >= 4 is 16.1 Å². The molecule has 0 bridgehead atoms. The van der Waals surface area contributed by atoms with E-state index in [2.05, 4.69) is 12.1 Å². The van der Waals surface area contributed by atoms with Crippen LogP contribution in [0.4, 0.5) is 0 Å². The highest BCUT2D eigenvalue weighted by Gasteiger charge is 2.37. The highest BCUT2D eigenvalue weighted by molar-refractivity contribution is 7.86. The van der Waals surface area contributed by atoms with Gasteiger partial charge in [-0.15, -0.1) is 0 Å². The zero-order valence-corrected chi connectivity index (χ0v) is 17.2. The highest BCUT2D eigenvalue weighted by atomic mass is 32.2. The molecule has 27 heavy (non-hydrogen) atoms. The number of nitrogens with zero attached hydrogens (tertiary/aromatic N) is 3. The van der Waals surface area contributed by atoms with Crippen LogP contribution in [0.15, 0.2) is 30.3 Å². The molecule has 0 aliphatic carbocycles. The number of hydrogen-bond donors (Lipinski definition) is 0. The van der Waals surface area contributed by atoms with E-state index < -0.39 is 10.2 Å². The van der Waals surface area contributed by atoms with Crippen LogP contribution < -0.4 is 0 Å². The first kappa shape index (κ1) is 20.3. The standard InChI is InChI=1S/C20H31N3O3S/c1-21(2)27(25,26)23-14-11-18(12-15-23)19-10-6-7-13-22(20(19)24)16-17-8-4-3-5-9-17/h3-5,8-9,18-19H,6-7,10-16H2,1-2H3/t19-/m0/s1. The van der Waals surface area contributed by atoms with E-state index in [1.54, 1.807) is 18.4 Å². The number of carbonyl (C=O) groups is 1. The van der Waals surface area contributed by atoms with E-state index in [-0.39, 0.29) is 17.7 Å². The molecule has 1 aromatic carbocycles. The van der Waals surface area contributed by atoms with Gasteiger partial charge in [-0.2, -0.15) is 17.0 Å². The fraction of sp³-hybridized carbons (Fsp3) is 0.650. The Morgan fingerprint density at radius 3 is 2.30 bits per heavy atom. The van der Waals surface area contributed by atoms with Crippen LogP contribution in [0.1, 0.15) is 37.7 Å². The van der Waals surface area contributed by atoms with E-state index in [4.69, 9.17) is 0 Å². The number of likely N-dealkylation sites (tertiary alicyclic amines) is 1. The van der Waals surface area contributed by atoms with Crippen LogP contribution in [-0.2, 0) is 21.5 Å². The molecule has 2 fully saturated rings. The summed E-state index contributed by atoms with van der Waals surface area (Å²) in [6.45, 7) is 2.50. The summed E-state index contributed by atoms with van der Waals surface area (Å²) in [7, 11) is -0.221. The molecule has 1 atom stereocenters. The molecular formula is C20H31N3O3S. The maximum atomic E-state index is 13.2. The third kappa shape index (κ3) is 4.70. The summed E-state index contributed by atoms with van der Waals surface area (Å²) in [5.74, 6) is 0.563. The number of amides is 1. The number of rotatable bonds is 5. The third-order valence-electron chi connectivity index (χ3n) is 5.89. The molecule has 0 radical (unpaired) electrons. The number of carbonyl (C=O) groups excluding carboxylic acids is 1. The van der Waals surface area contributed by atoms with Crippen molar-refractivity contribution in [2.45, 2.75) is 38.6 Å². The van der Waals surface area contributed by atoms with Crippen LogP contribution in [0, 0.1) is 11.8 Å². The Kier molecular flexibility index (Phi) is 6.55. The van der Waals surface area contributed by atoms with Crippen molar-refractivity contribution in [3.05, 3.63) is 35.9 Å². The van der Waals surface area contributed by atoms with Crippen LogP contribution in [0.2, 0.25) is 0 Å². The molecule has 2 saturated heterocycles. The lowest BCUT2D eigenvalue weighted by atomic mass is 9.81. The molecule has 0 N–H and O–H groups in total. The zero-order valence-electron chi connectivity index (χ0n) is 16.4. The minimum absolute atomic E-state index is 0.0282. The van der Waals surface area contributed by atoms with E-state index in [1.165, 1.54) is 9.87 Å². The van der Waals surface area contributed by atoms with Gasteiger partial charge in [-0.1, -0.05) is 36.8 Å². The summed E-state index contributed by atoms with van der Waals surface area (Å²) in [5, 5.41) is 0. The highest BCUT2D eigenvalue weighted by Crippen LogP contribution is 2.33. The van der Waals surface area contributed by atoms with Gasteiger partial charge >= 0.3 is 0 Å². The van der Waals surface area contributed by atoms with Crippen LogP contribution in [0.25, 0.3) is 0 Å². The largest absolute Gasteiger partial charge is 0.338 e. The van der Waals surface area contributed by atoms with Gasteiger partial charge < -0.3 is 4.90 Å². The van der Waals surface area contributed by atoms with E-state index in [0.29, 0.717) is 19.6 Å². The lowest BCUT2D eigenvalue weighted by Crippen LogP contribution is -2.47. The Bertz CT molecular complexity index is 728. The fourth-order valence-electron chi connectivity index (χ4n) is 4.27. The van der Waals surface area contributed by atoms with Crippen molar-refractivity contribution in [1.29, 1.82) is 0 Å². The molecule has 0 saturated carbocycles.